The van der Waals surface area contributed by atoms with Gasteiger partial charge in [-0.15, -0.1) is 13.2 Å². The predicted molar refractivity (Wildman–Crippen MR) is 67.5 cm³/mol. The van der Waals surface area contributed by atoms with Gasteiger partial charge in [-0.3, -0.25) is 4.99 Å². The molecule has 23 heavy (non-hydrogen) atoms. The van der Waals surface area contributed by atoms with Crippen LogP contribution in [0.3, 0.4) is 0 Å². The first kappa shape index (κ1) is 16.9. The maximum atomic E-state index is 12.6. The van der Waals surface area contributed by atoms with Crippen LogP contribution in [0.25, 0.3) is 0 Å². The molecule has 1 aromatic rings. The second-order valence-corrected chi connectivity index (χ2v) is 4.41. The highest BCUT2D eigenvalue weighted by Gasteiger charge is 2.40. The number of nitrogens with one attached hydrogen (secondary N) is 2. The second-order valence-electron chi connectivity index (χ2n) is 4.41. The monoisotopic (exact) mass is 341 g/mol. The van der Waals surface area contributed by atoms with Gasteiger partial charge in [0.15, 0.2) is 0 Å². The van der Waals surface area contributed by atoms with Gasteiger partial charge in [-0.25, -0.2) is 0 Å². The van der Waals surface area contributed by atoms with Crippen molar-refractivity contribution in [2.75, 3.05) is 5.32 Å². The molecule has 0 aliphatic carbocycles. The molecule has 0 radical (unpaired) electrons. The lowest BCUT2D eigenvalue weighted by molar-refractivity contribution is -0.274. The number of aliphatic hydroxyl groups is 1. The van der Waals surface area contributed by atoms with Crippen molar-refractivity contribution in [1.82, 2.24) is 5.32 Å². The average Bonchev–Trinajstić information content (AvgIpc) is 2.38. The van der Waals surface area contributed by atoms with Crippen LogP contribution in [0.4, 0.5) is 32.0 Å². The summed E-state index contributed by atoms with van der Waals surface area (Å²) in [7, 11) is 0. The minimum absolute atomic E-state index is 0.0319. The zero-order valence-electron chi connectivity index (χ0n) is 11.0. The molecule has 3 N–H and O–H groups in total. The number of alkyl halides is 6. The summed E-state index contributed by atoms with van der Waals surface area (Å²) in [4.78, 5) is 3.28. The Hall–Kier alpha value is -2.43. The third-order valence-electron chi connectivity index (χ3n) is 2.52. The van der Waals surface area contributed by atoms with E-state index in [-0.39, 0.29) is 5.69 Å². The molecular weight excluding hydrogens is 332 g/mol. The van der Waals surface area contributed by atoms with Crippen LogP contribution >= 0.6 is 0 Å². The summed E-state index contributed by atoms with van der Waals surface area (Å²) in [6.45, 7) is 0. The van der Waals surface area contributed by atoms with Crippen molar-refractivity contribution in [3.63, 3.8) is 0 Å². The van der Waals surface area contributed by atoms with Crippen molar-refractivity contribution in [2.45, 2.75) is 18.4 Å². The average molecular weight is 341 g/mol. The number of anilines is 1. The molecule has 2 rings (SSSR count). The molecule has 1 aromatic carbocycles. The molecule has 1 aliphatic heterocycles. The Kier molecular flexibility index (Phi) is 4.16. The highest BCUT2D eigenvalue weighted by molar-refractivity contribution is 5.74. The highest BCUT2D eigenvalue weighted by Crippen LogP contribution is 2.28. The molecular formula is C12H9F6N3O2. The Balaban J connectivity index is 2.07. The first-order valence-corrected chi connectivity index (χ1v) is 5.93. The van der Waals surface area contributed by atoms with Crippen LogP contribution in [0.2, 0.25) is 0 Å². The van der Waals surface area contributed by atoms with Gasteiger partial charge in [-0.2, -0.15) is 13.2 Å². The Morgan fingerprint density at radius 3 is 2.22 bits per heavy atom. The van der Waals surface area contributed by atoms with E-state index in [2.05, 4.69) is 15.0 Å². The number of hydrogen-bond acceptors (Lipinski definition) is 5. The molecule has 126 valence electrons. The van der Waals surface area contributed by atoms with E-state index in [4.69, 9.17) is 0 Å². The zero-order chi connectivity index (χ0) is 17.3. The van der Waals surface area contributed by atoms with Crippen molar-refractivity contribution < 1.29 is 36.2 Å². The van der Waals surface area contributed by atoms with Gasteiger partial charge < -0.3 is 20.5 Å². The van der Waals surface area contributed by atoms with E-state index in [1.165, 1.54) is 0 Å². The summed E-state index contributed by atoms with van der Waals surface area (Å²) >= 11 is 0. The number of allylic oxidation sites excluding steroid dienone is 1. The number of halogens is 6. The Labute approximate surface area is 125 Å². The summed E-state index contributed by atoms with van der Waals surface area (Å²) in [5.74, 6) is -2.87. The van der Waals surface area contributed by atoms with Crippen LogP contribution in [0.1, 0.15) is 0 Å². The van der Waals surface area contributed by atoms with E-state index in [1.54, 1.807) is 5.32 Å². The van der Waals surface area contributed by atoms with Crippen LogP contribution in [0, 0.1) is 0 Å². The maximum Gasteiger partial charge on any atom is 0.573 e. The van der Waals surface area contributed by atoms with Crippen molar-refractivity contribution in [3.8, 4) is 5.75 Å². The molecule has 0 saturated heterocycles. The number of benzene rings is 1. The summed E-state index contributed by atoms with van der Waals surface area (Å²) in [6.07, 6.45) is -8.37. The number of ether oxygens (including phenoxy) is 1. The Morgan fingerprint density at radius 1 is 1.09 bits per heavy atom. The Bertz CT molecular complexity index is 623. The fourth-order valence-corrected chi connectivity index (χ4v) is 1.66. The summed E-state index contributed by atoms with van der Waals surface area (Å²) in [5, 5.41) is 14.0. The molecule has 0 aromatic heterocycles. The SMILES string of the molecule is OC1(Nc2ccc(OC(F)(F)F)cc2)C=NC=C(C(F)(F)F)N1. The standard InChI is InChI=1S/C12H9F6N3O2/c13-11(14,15)9-5-19-6-10(22,21-9)20-7-1-3-8(4-2-7)23-12(16,17)18/h1-6,20-22H. The lowest BCUT2D eigenvalue weighted by atomic mass is 10.2. The van der Waals surface area contributed by atoms with Crippen LogP contribution in [0.5, 0.6) is 5.75 Å². The van der Waals surface area contributed by atoms with Crippen LogP contribution in [-0.4, -0.2) is 29.7 Å². The molecule has 0 bridgehead atoms. The van der Waals surface area contributed by atoms with Gasteiger partial charge in [0.05, 0.1) is 12.4 Å². The minimum atomic E-state index is -4.86. The maximum absolute atomic E-state index is 12.6. The molecule has 1 atom stereocenters. The lowest BCUT2D eigenvalue weighted by Crippen LogP contribution is -2.56. The smallest absolute Gasteiger partial charge is 0.406 e. The molecule has 1 aliphatic rings. The quantitative estimate of drug-likeness (QED) is 0.584. The normalized spacial score (nSPS) is 21.4. The molecule has 0 spiro atoms. The van der Waals surface area contributed by atoms with Crippen molar-refractivity contribution >= 4 is 11.9 Å². The summed E-state index contributed by atoms with van der Waals surface area (Å²) in [5.41, 5.74) is -1.25. The number of rotatable bonds is 3. The summed E-state index contributed by atoms with van der Waals surface area (Å²) in [6, 6.07) is 4.03. The zero-order valence-corrected chi connectivity index (χ0v) is 11.0. The number of hydrogen-bond donors (Lipinski definition) is 3. The number of aliphatic imine (C=N–C) groups is 1. The van der Waals surface area contributed by atoms with Gasteiger partial charge in [0, 0.05) is 5.69 Å². The number of nitrogens with zero attached hydrogens (tertiary/aromatic N) is 1. The molecule has 0 amide bonds. The Morgan fingerprint density at radius 2 is 1.70 bits per heavy atom. The second kappa shape index (κ2) is 5.65. The van der Waals surface area contributed by atoms with E-state index in [0.29, 0.717) is 6.20 Å². The van der Waals surface area contributed by atoms with Crippen molar-refractivity contribution in [2.24, 2.45) is 4.99 Å². The fraction of sp³-hybridized carbons (Fsp3) is 0.250. The third kappa shape index (κ3) is 4.77. The van der Waals surface area contributed by atoms with Crippen molar-refractivity contribution in [1.29, 1.82) is 0 Å². The molecule has 11 heteroatoms. The van der Waals surface area contributed by atoms with Gasteiger partial charge in [0.25, 0.3) is 5.85 Å². The van der Waals surface area contributed by atoms with Crippen LogP contribution in [0.15, 0.2) is 41.2 Å². The van der Waals surface area contributed by atoms with Gasteiger partial charge >= 0.3 is 12.5 Å². The van der Waals surface area contributed by atoms with E-state index in [1.807, 2.05) is 0 Å². The minimum Gasteiger partial charge on any atom is -0.406 e. The largest absolute Gasteiger partial charge is 0.573 e. The first-order valence-electron chi connectivity index (χ1n) is 5.93. The third-order valence-corrected chi connectivity index (χ3v) is 2.52. The molecule has 0 saturated carbocycles. The van der Waals surface area contributed by atoms with E-state index >= 15 is 0 Å². The van der Waals surface area contributed by atoms with Gasteiger partial charge in [-0.1, -0.05) is 0 Å². The fourth-order valence-electron chi connectivity index (χ4n) is 1.66. The van der Waals surface area contributed by atoms with E-state index in [0.717, 1.165) is 30.5 Å². The molecule has 5 nitrogen and oxygen atoms in total. The summed E-state index contributed by atoms with van der Waals surface area (Å²) < 4.78 is 77.4. The van der Waals surface area contributed by atoms with Crippen molar-refractivity contribution in [3.05, 3.63) is 36.2 Å². The molecule has 1 heterocycles. The molecule has 1 unspecified atom stereocenters. The van der Waals surface area contributed by atoms with E-state index < -0.39 is 29.8 Å². The predicted octanol–water partition coefficient (Wildman–Crippen LogP) is 2.72. The lowest BCUT2D eigenvalue weighted by Gasteiger charge is -2.31. The highest BCUT2D eigenvalue weighted by atomic mass is 19.4. The van der Waals surface area contributed by atoms with Crippen LogP contribution in [-0.2, 0) is 0 Å². The molecule has 0 fully saturated rings. The topological polar surface area (TPSA) is 65.9 Å². The first-order chi connectivity index (χ1) is 10.5. The van der Waals surface area contributed by atoms with Gasteiger partial charge in [0.1, 0.15) is 11.4 Å². The van der Waals surface area contributed by atoms with Crippen LogP contribution < -0.4 is 15.4 Å². The van der Waals surface area contributed by atoms with Gasteiger partial charge in [-0.05, 0) is 24.3 Å². The van der Waals surface area contributed by atoms with Gasteiger partial charge in [0.2, 0.25) is 0 Å². The van der Waals surface area contributed by atoms with E-state index in [9.17, 15) is 31.4 Å².